The van der Waals surface area contributed by atoms with Gasteiger partial charge in [-0.1, -0.05) is 31.8 Å². The highest BCUT2D eigenvalue weighted by atomic mass is 16.2. The Hall–Kier alpha value is -1.36. The molecular formula is C19H35N3O2. The number of amides is 2. The fourth-order valence-electron chi connectivity index (χ4n) is 3.65. The van der Waals surface area contributed by atoms with Crippen LogP contribution in [0.3, 0.4) is 0 Å². The van der Waals surface area contributed by atoms with Gasteiger partial charge in [-0.05, 0) is 45.1 Å². The van der Waals surface area contributed by atoms with Crippen molar-refractivity contribution >= 4 is 11.8 Å². The monoisotopic (exact) mass is 337 g/mol. The van der Waals surface area contributed by atoms with Crippen molar-refractivity contribution in [2.24, 2.45) is 11.8 Å². The zero-order valence-corrected chi connectivity index (χ0v) is 15.4. The quantitative estimate of drug-likeness (QED) is 0.400. The Morgan fingerprint density at radius 2 is 1.83 bits per heavy atom. The summed E-state index contributed by atoms with van der Waals surface area (Å²) in [6.07, 6.45) is 11.2. The van der Waals surface area contributed by atoms with Crippen molar-refractivity contribution in [1.29, 1.82) is 0 Å². The molecule has 1 aliphatic carbocycles. The van der Waals surface area contributed by atoms with Crippen molar-refractivity contribution in [3.05, 3.63) is 12.7 Å². The number of hydrogen-bond acceptors (Lipinski definition) is 3. The number of carbonyl (C=O) groups is 2. The van der Waals surface area contributed by atoms with E-state index in [9.17, 15) is 9.59 Å². The van der Waals surface area contributed by atoms with Crippen molar-refractivity contribution in [1.82, 2.24) is 16.0 Å². The largest absolute Gasteiger partial charge is 0.359 e. The zero-order chi connectivity index (χ0) is 17.8. The van der Waals surface area contributed by atoms with Crippen LogP contribution < -0.4 is 16.0 Å². The molecule has 5 heteroatoms. The Morgan fingerprint density at radius 1 is 1.12 bits per heavy atom. The molecule has 0 bridgehead atoms. The third kappa shape index (κ3) is 7.04. The maximum Gasteiger partial charge on any atom is 0.237 e. The predicted octanol–water partition coefficient (Wildman–Crippen LogP) is 2.38. The van der Waals surface area contributed by atoms with Crippen molar-refractivity contribution in [3.8, 4) is 0 Å². The number of allylic oxidation sites excluding steroid dienone is 1. The van der Waals surface area contributed by atoms with E-state index < -0.39 is 0 Å². The van der Waals surface area contributed by atoms with E-state index in [1.165, 1.54) is 19.3 Å². The minimum Gasteiger partial charge on any atom is -0.359 e. The third-order valence-corrected chi connectivity index (χ3v) is 5.06. The molecule has 1 rings (SSSR count). The smallest absolute Gasteiger partial charge is 0.237 e. The Labute approximate surface area is 147 Å². The summed E-state index contributed by atoms with van der Waals surface area (Å²) in [5, 5.41) is 8.95. The summed E-state index contributed by atoms with van der Waals surface area (Å²) in [6.45, 7) is 4.39. The van der Waals surface area contributed by atoms with Crippen LogP contribution in [0.5, 0.6) is 0 Å². The van der Waals surface area contributed by atoms with Gasteiger partial charge >= 0.3 is 0 Å². The number of nitrogens with one attached hydrogen (secondary N) is 3. The van der Waals surface area contributed by atoms with Crippen LogP contribution >= 0.6 is 0 Å². The summed E-state index contributed by atoms with van der Waals surface area (Å²) in [6, 6.07) is -0.0651. The molecule has 1 saturated carbocycles. The highest BCUT2D eigenvalue weighted by molar-refractivity contribution is 5.82. The van der Waals surface area contributed by atoms with Crippen LogP contribution in [0.4, 0.5) is 0 Å². The van der Waals surface area contributed by atoms with Gasteiger partial charge in [0.05, 0.1) is 6.04 Å². The lowest BCUT2D eigenvalue weighted by atomic mass is 9.83. The molecule has 0 aromatic heterocycles. The van der Waals surface area contributed by atoms with Gasteiger partial charge in [-0.2, -0.15) is 0 Å². The average Bonchev–Trinajstić information content (AvgIpc) is 2.61. The van der Waals surface area contributed by atoms with E-state index >= 15 is 0 Å². The Balaban J connectivity index is 2.26. The van der Waals surface area contributed by atoms with Crippen molar-refractivity contribution in [3.63, 3.8) is 0 Å². The maximum absolute atomic E-state index is 12.4. The van der Waals surface area contributed by atoms with E-state index in [1.807, 2.05) is 7.05 Å². The van der Waals surface area contributed by atoms with Crippen LogP contribution in [0.15, 0.2) is 12.7 Å². The molecular weight excluding hydrogens is 302 g/mol. The minimum atomic E-state index is -0.0651. The van der Waals surface area contributed by atoms with E-state index in [0.29, 0.717) is 18.9 Å². The summed E-state index contributed by atoms with van der Waals surface area (Å²) in [4.78, 5) is 24.1. The molecule has 0 spiro atoms. The lowest BCUT2D eigenvalue weighted by Gasteiger charge is -2.29. The second kappa shape index (κ2) is 12.1. The predicted molar refractivity (Wildman–Crippen MR) is 98.7 cm³/mol. The second-order valence-electron chi connectivity index (χ2n) is 6.79. The highest BCUT2D eigenvalue weighted by Crippen LogP contribution is 2.26. The topological polar surface area (TPSA) is 70.2 Å². The number of unbranched alkanes of at least 4 members (excludes halogenated alkanes) is 1. The van der Waals surface area contributed by atoms with Crippen LogP contribution in [0.1, 0.15) is 57.8 Å². The molecule has 3 N–H and O–H groups in total. The van der Waals surface area contributed by atoms with Gasteiger partial charge in [0.1, 0.15) is 0 Å². The average molecular weight is 338 g/mol. The first-order valence-electron chi connectivity index (χ1n) is 9.41. The van der Waals surface area contributed by atoms with Gasteiger partial charge in [0.15, 0.2) is 0 Å². The molecule has 0 heterocycles. The molecule has 24 heavy (non-hydrogen) atoms. The first kappa shape index (κ1) is 20.7. The van der Waals surface area contributed by atoms with Gasteiger partial charge in [0.2, 0.25) is 11.8 Å². The normalized spacial score (nSPS) is 17.8. The first-order chi connectivity index (χ1) is 11.6. The molecule has 0 aromatic rings. The Kier molecular flexibility index (Phi) is 10.4. The lowest BCUT2D eigenvalue weighted by molar-refractivity contribution is -0.125. The molecule has 1 aliphatic rings. The molecule has 5 nitrogen and oxygen atoms in total. The number of hydrogen-bond donors (Lipinski definition) is 3. The van der Waals surface area contributed by atoms with E-state index in [0.717, 1.165) is 32.1 Å². The van der Waals surface area contributed by atoms with Crippen LogP contribution in [-0.4, -0.2) is 38.5 Å². The second-order valence-corrected chi connectivity index (χ2v) is 6.79. The zero-order valence-electron chi connectivity index (χ0n) is 15.4. The Morgan fingerprint density at radius 3 is 2.42 bits per heavy atom. The van der Waals surface area contributed by atoms with Gasteiger partial charge in [-0.15, -0.1) is 6.58 Å². The SMILES string of the molecule is C=CCC(CCCCNC(=O)[C@@H](NC)C1CCCCC1)C(=O)NC. The van der Waals surface area contributed by atoms with Crippen LogP contribution in [0, 0.1) is 11.8 Å². The molecule has 0 aliphatic heterocycles. The molecule has 0 saturated heterocycles. The molecule has 138 valence electrons. The number of rotatable bonds is 11. The van der Waals surface area contributed by atoms with Crippen molar-refractivity contribution in [2.45, 2.75) is 63.8 Å². The van der Waals surface area contributed by atoms with E-state index in [1.54, 1.807) is 13.1 Å². The molecule has 2 atom stereocenters. The van der Waals surface area contributed by atoms with Gasteiger partial charge in [-0.25, -0.2) is 0 Å². The van der Waals surface area contributed by atoms with E-state index in [-0.39, 0.29) is 23.8 Å². The third-order valence-electron chi connectivity index (χ3n) is 5.06. The molecule has 0 radical (unpaired) electrons. The van der Waals surface area contributed by atoms with Crippen LogP contribution in [-0.2, 0) is 9.59 Å². The first-order valence-corrected chi connectivity index (χ1v) is 9.41. The summed E-state index contributed by atoms with van der Waals surface area (Å²) in [7, 11) is 3.55. The maximum atomic E-state index is 12.4. The van der Waals surface area contributed by atoms with Crippen LogP contribution in [0.2, 0.25) is 0 Å². The fraction of sp³-hybridized carbons (Fsp3) is 0.789. The standard InChI is InChI=1S/C19H35N3O2/c1-4-10-16(18(23)21-3)13-8-9-14-22-19(24)17(20-2)15-11-6-5-7-12-15/h4,15-17,20H,1,5-14H2,2-3H3,(H,21,23)(H,22,24)/t16?,17-/m0/s1. The summed E-state index contributed by atoms with van der Waals surface area (Å²) in [5.41, 5.74) is 0. The minimum absolute atomic E-state index is 0.00417. The number of likely N-dealkylation sites (N-methyl/N-ethyl adjacent to an activating group) is 1. The van der Waals surface area contributed by atoms with Gasteiger partial charge in [0, 0.05) is 19.5 Å². The fourth-order valence-corrected chi connectivity index (χ4v) is 3.65. The van der Waals surface area contributed by atoms with Crippen molar-refractivity contribution in [2.75, 3.05) is 20.6 Å². The molecule has 1 unspecified atom stereocenters. The summed E-state index contributed by atoms with van der Waals surface area (Å²) >= 11 is 0. The molecule has 1 fully saturated rings. The highest BCUT2D eigenvalue weighted by Gasteiger charge is 2.27. The number of carbonyl (C=O) groups excluding carboxylic acids is 2. The van der Waals surface area contributed by atoms with Crippen LogP contribution in [0.25, 0.3) is 0 Å². The Bertz CT molecular complexity index is 392. The molecule has 0 aromatic carbocycles. The van der Waals surface area contributed by atoms with Gasteiger partial charge in [-0.3, -0.25) is 9.59 Å². The summed E-state index contributed by atoms with van der Waals surface area (Å²) < 4.78 is 0. The van der Waals surface area contributed by atoms with E-state index in [2.05, 4.69) is 22.5 Å². The molecule has 2 amide bonds. The summed E-state index contributed by atoms with van der Waals surface area (Å²) in [5.74, 6) is 0.661. The van der Waals surface area contributed by atoms with Crippen molar-refractivity contribution < 1.29 is 9.59 Å². The van der Waals surface area contributed by atoms with Gasteiger partial charge in [0.25, 0.3) is 0 Å². The van der Waals surface area contributed by atoms with E-state index in [4.69, 9.17) is 0 Å². The lowest BCUT2D eigenvalue weighted by Crippen LogP contribution is -2.48. The van der Waals surface area contributed by atoms with Gasteiger partial charge < -0.3 is 16.0 Å².